The molecule has 158 valence electrons. The van der Waals surface area contributed by atoms with Crippen LogP contribution in [-0.4, -0.2) is 30.9 Å². The third kappa shape index (κ3) is 4.50. The van der Waals surface area contributed by atoms with Crippen molar-refractivity contribution in [2.75, 3.05) is 23.4 Å². The zero-order valence-corrected chi connectivity index (χ0v) is 17.8. The number of nitrogens with zero attached hydrogens (tertiary/aromatic N) is 1. The standard InChI is InChI=1S/C23H18Cl2N2O4/c24-17-8-4-10-19(22(17)25)27-12-15(11-21(27)29)23(30)31-13-20(28)26-18-9-3-6-14-5-1-2-7-16(14)18/h1-10,15H,11-13H2,(H,26,28)/t15-/m1/s1. The van der Waals surface area contributed by atoms with Gasteiger partial charge in [0, 0.05) is 24.0 Å². The fourth-order valence-electron chi connectivity index (χ4n) is 3.57. The summed E-state index contributed by atoms with van der Waals surface area (Å²) in [5, 5.41) is 5.21. The molecule has 4 rings (SSSR count). The molecule has 0 bridgehead atoms. The SMILES string of the molecule is O=C(COC(=O)[C@@H]1CC(=O)N(c2cccc(Cl)c2Cl)C1)Nc1cccc2ccccc12. The first-order valence-electron chi connectivity index (χ1n) is 9.62. The summed E-state index contributed by atoms with van der Waals surface area (Å²) >= 11 is 12.2. The van der Waals surface area contributed by atoms with E-state index < -0.39 is 24.4 Å². The van der Waals surface area contributed by atoms with Crippen molar-refractivity contribution in [1.29, 1.82) is 0 Å². The predicted molar refractivity (Wildman–Crippen MR) is 120 cm³/mol. The smallest absolute Gasteiger partial charge is 0.311 e. The van der Waals surface area contributed by atoms with E-state index in [1.807, 2.05) is 36.4 Å². The average molecular weight is 457 g/mol. The Morgan fingerprint density at radius 1 is 1.03 bits per heavy atom. The topological polar surface area (TPSA) is 75.7 Å². The Bertz CT molecular complexity index is 1180. The van der Waals surface area contributed by atoms with Crippen LogP contribution in [0.2, 0.25) is 10.0 Å². The molecule has 0 aromatic heterocycles. The van der Waals surface area contributed by atoms with Gasteiger partial charge >= 0.3 is 5.97 Å². The zero-order valence-electron chi connectivity index (χ0n) is 16.3. The molecule has 1 N–H and O–H groups in total. The van der Waals surface area contributed by atoms with Gasteiger partial charge in [-0.15, -0.1) is 0 Å². The second kappa shape index (κ2) is 8.96. The number of ether oxygens (including phenoxy) is 1. The van der Waals surface area contributed by atoms with Gasteiger partial charge in [-0.25, -0.2) is 0 Å². The number of amides is 2. The number of hydrogen-bond acceptors (Lipinski definition) is 4. The van der Waals surface area contributed by atoms with Crippen LogP contribution < -0.4 is 10.2 Å². The lowest BCUT2D eigenvalue weighted by Crippen LogP contribution is -2.28. The van der Waals surface area contributed by atoms with E-state index in [2.05, 4.69) is 5.32 Å². The first-order valence-corrected chi connectivity index (χ1v) is 10.4. The maximum Gasteiger partial charge on any atom is 0.311 e. The fraction of sp³-hybridized carbons (Fsp3) is 0.174. The monoisotopic (exact) mass is 456 g/mol. The Labute approximate surface area is 188 Å². The number of hydrogen-bond donors (Lipinski definition) is 1. The van der Waals surface area contributed by atoms with Crippen LogP contribution in [-0.2, 0) is 19.1 Å². The van der Waals surface area contributed by atoms with Crippen molar-refractivity contribution in [3.63, 3.8) is 0 Å². The van der Waals surface area contributed by atoms with Crippen LogP contribution in [0.5, 0.6) is 0 Å². The molecule has 1 aliphatic rings. The maximum atomic E-state index is 12.4. The van der Waals surface area contributed by atoms with Crippen LogP contribution in [0.15, 0.2) is 60.7 Å². The molecule has 3 aromatic rings. The van der Waals surface area contributed by atoms with Gasteiger partial charge in [-0.1, -0.05) is 65.7 Å². The van der Waals surface area contributed by atoms with Crippen molar-refractivity contribution in [3.8, 4) is 0 Å². The lowest BCUT2D eigenvalue weighted by molar-refractivity contribution is -0.151. The number of carbonyl (C=O) groups excluding carboxylic acids is 3. The van der Waals surface area contributed by atoms with Gasteiger partial charge in [0.15, 0.2) is 6.61 Å². The average Bonchev–Trinajstić information content (AvgIpc) is 3.16. The van der Waals surface area contributed by atoms with Crippen LogP contribution in [0.4, 0.5) is 11.4 Å². The normalized spacial score (nSPS) is 15.9. The molecular formula is C23H18Cl2N2O4. The van der Waals surface area contributed by atoms with E-state index in [9.17, 15) is 14.4 Å². The summed E-state index contributed by atoms with van der Waals surface area (Å²) in [6, 6.07) is 18.2. The summed E-state index contributed by atoms with van der Waals surface area (Å²) < 4.78 is 5.17. The first-order chi connectivity index (χ1) is 14.9. The van der Waals surface area contributed by atoms with Gasteiger partial charge in [-0.2, -0.15) is 0 Å². The van der Waals surface area contributed by atoms with E-state index in [1.54, 1.807) is 24.3 Å². The van der Waals surface area contributed by atoms with Crippen LogP contribution in [0, 0.1) is 5.92 Å². The predicted octanol–water partition coefficient (Wildman–Crippen LogP) is 4.68. The molecule has 1 atom stereocenters. The highest BCUT2D eigenvalue weighted by Gasteiger charge is 2.37. The molecule has 8 heteroatoms. The number of esters is 1. The van der Waals surface area contributed by atoms with Crippen molar-refractivity contribution in [2.24, 2.45) is 5.92 Å². The highest BCUT2D eigenvalue weighted by molar-refractivity contribution is 6.44. The molecular weight excluding hydrogens is 439 g/mol. The molecule has 6 nitrogen and oxygen atoms in total. The molecule has 0 saturated carbocycles. The van der Waals surface area contributed by atoms with Crippen LogP contribution in [0.3, 0.4) is 0 Å². The number of nitrogens with one attached hydrogen (secondary N) is 1. The maximum absolute atomic E-state index is 12.4. The molecule has 31 heavy (non-hydrogen) atoms. The van der Waals surface area contributed by atoms with E-state index >= 15 is 0 Å². The van der Waals surface area contributed by atoms with Gasteiger partial charge in [0.2, 0.25) is 5.91 Å². The lowest BCUT2D eigenvalue weighted by Gasteiger charge is -2.18. The van der Waals surface area contributed by atoms with E-state index in [1.165, 1.54) is 4.90 Å². The summed E-state index contributed by atoms with van der Waals surface area (Å²) in [6.45, 7) is -0.326. The summed E-state index contributed by atoms with van der Waals surface area (Å²) in [4.78, 5) is 38.6. The summed E-state index contributed by atoms with van der Waals surface area (Å²) in [5.74, 6) is -2.01. The van der Waals surface area contributed by atoms with Crippen molar-refractivity contribution >= 4 is 63.1 Å². The molecule has 0 unspecified atom stereocenters. The van der Waals surface area contributed by atoms with Crippen molar-refractivity contribution in [1.82, 2.24) is 0 Å². The highest BCUT2D eigenvalue weighted by atomic mass is 35.5. The summed E-state index contributed by atoms with van der Waals surface area (Å²) in [5.41, 5.74) is 1.08. The molecule has 0 aliphatic carbocycles. The molecule has 2 amide bonds. The third-order valence-corrected chi connectivity index (χ3v) is 5.90. The van der Waals surface area contributed by atoms with E-state index in [4.69, 9.17) is 27.9 Å². The van der Waals surface area contributed by atoms with Crippen LogP contribution >= 0.6 is 23.2 Å². The molecule has 1 aliphatic heterocycles. The molecule has 3 aromatic carbocycles. The Morgan fingerprint density at radius 2 is 1.77 bits per heavy atom. The Morgan fingerprint density at radius 3 is 2.61 bits per heavy atom. The van der Waals surface area contributed by atoms with Gasteiger partial charge < -0.3 is 15.0 Å². The van der Waals surface area contributed by atoms with Gasteiger partial charge in [0.1, 0.15) is 0 Å². The lowest BCUT2D eigenvalue weighted by atomic mass is 10.1. The van der Waals surface area contributed by atoms with Crippen molar-refractivity contribution < 1.29 is 19.1 Å². The minimum atomic E-state index is -0.687. The largest absolute Gasteiger partial charge is 0.455 e. The van der Waals surface area contributed by atoms with Gasteiger partial charge in [-0.3, -0.25) is 14.4 Å². The van der Waals surface area contributed by atoms with E-state index in [0.29, 0.717) is 16.4 Å². The number of rotatable bonds is 5. The Kier molecular flexibility index (Phi) is 6.11. The second-order valence-electron chi connectivity index (χ2n) is 7.16. The molecule has 1 saturated heterocycles. The van der Waals surface area contributed by atoms with Crippen molar-refractivity contribution in [2.45, 2.75) is 6.42 Å². The Hall–Kier alpha value is -3.09. The molecule has 0 spiro atoms. The number of halogens is 2. The number of carbonyl (C=O) groups is 3. The van der Waals surface area contributed by atoms with Gasteiger partial charge in [0.05, 0.1) is 21.7 Å². The number of anilines is 2. The van der Waals surface area contributed by atoms with Gasteiger partial charge in [0.25, 0.3) is 5.91 Å². The quantitative estimate of drug-likeness (QED) is 0.565. The Balaban J connectivity index is 1.36. The molecule has 0 radical (unpaired) electrons. The summed E-state index contributed by atoms with van der Waals surface area (Å²) in [6.07, 6.45) is -0.0212. The molecule has 1 fully saturated rings. The highest BCUT2D eigenvalue weighted by Crippen LogP contribution is 2.35. The molecule has 1 heterocycles. The minimum Gasteiger partial charge on any atom is -0.455 e. The number of benzene rings is 3. The van der Waals surface area contributed by atoms with Crippen molar-refractivity contribution in [3.05, 3.63) is 70.7 Å². The second-order valence-corrected chi connectivity index (χ2v) is 7.95. The van der Waals surface area contributed by atoms with E-state index in [0.717, 1.165) is 10.8 Å². The minimum absolute atomic E-state index is 0.0212. The van der Waals surface area contributed by atoms with Crippen LogP contribution in [0.25, 0.3) is 10.8 Å². The summed E-state index contributed by atoms with van der Waals surface area (Å²) in [7, 11) is 0. The van der Waals surface area contributed by atoms with Gasteiger partial charge in [-0.05, 0) is 23.6 Å². The third-order valence-electron chi connectivity index (χ3n) is 5.09. The van der Waals surface area contributed by atoms with Crippen LogP contribution in [0.1, 0.15) is 6.42 Å². The fourth-order valence-corrected chi connectivity index (χ4v) is 3.97. The number of fused-ring (bicyclic) bond motifs is 1. The first kappa shape index (κ1) is 21.2. The van der Waals surface area contributed by atoms with E-state index in [-0.39, 0.29) is 23.9 Å². The zero-order chi connectivity index (χ0) is 22.0.